The van der Waals surface area contributed by atoms with Crippen molar-refractivity contribution in [1.82, 2.24) is 16.0 Å². The van der Waals surface area contributed by atoms with Crippen LogP contribution in [-0.2, 0) is 19.1 Å². The lowest BCUT2D eigenvalue weighted by molar-refractivity contribution is -0.140. The van der Waals surface area contributed by atoms with E-state index in [1.165, 1.54) is 0 Å². The SMILES string of the molecule is O=C(O)CC(NC(=O)OCC1c2ccccc2-c2ccccc21)C(=O)NCC1CCCCNC1=O. The molecule has 2 unspecified atom stereocenters. The van der Waals surface area contributed by atoms with Crippen LogP contribution in [0.25, 0.3) is 11.1 Å². The number of carboxylic acids is 1. The summed E-state index contributed by atoms with van der Waals surface area (Å²) in [5, 5.41) is 17.0. The number of nitrogens with one attached hydrogen (secondary N) is 3. The number of carbonyl (C=O) groups excluding carboxylic acids is 3. The van der Waals surface area contributed by atoms with Crippen LogP contribution >= 0.6 is 0 Å². The van der Waals surface area contributed by atoms with Gasteiger partial charge in [-0.15, -0.1) is 0 Å². The number of fused-ring (bicyclic) bond motifs is 3. The van der Waals surface area contributed by atoms with Crippen LogP contribution in [0.3, 0.4) is 0 Å². The smallest absolute Gasteiger partial charge is 0.407 e. The van der Waals surface area contributed by atoms with Crippen molar-refractivity contribution in [2.24, 2.45) is 5.92 Å². The minimum Gasteiger partial charge on any atom is -0.481 e. The van der Waals surface area contributed by atoms with Crippen LogP contribution < -0.4 is 16.0 Å². The molecule has 1 aliphatic heterocycles. The molecule has 1 saturated heterocycles. The first-order valence-corrected chi connectivity index (χ1v) is 11.8. The molecule has 0 bridgehead atoms. The molecule has 184 valence electrons. The number of amides is 3. The van der Waals surface area contributed by atoms with Gasteiger partial charge in [-0.2, -0.15) is 0 Å². The second kappa shape index (κ2) is 11.0. The molecule has 9 nitrogen and oxygen atoms in total. The number of hydrogen-bond acceptors (Lipinski definition) is 5. The van der Waals surface area contributed by atoms with Gasteiger partial charge in [0.05, 0.1) is 12.3 Å². The molecule has 35 heavy (non-hydrogen) atoms. The molecule has 1 aliphatic carbocycles. The molecule has 2 aliphatic rings. The zero-order valence-electron chi connectivity index (χ0n) is 19.3. The Bertz CT molecular complexity index is 1070. The van der Waals surface area contributed by atoms with Crippen LogP contribution in [-0.4, -0.2) is 54.7 Å². The van der Waals surface area contributed by atoms with Crippen molar-refractivity contribution >= 4 is 23.9 Å². The third-order valence-corrected chi connectivity index (χ3v) is 6.50. The van der Waals surface area contributed by atoms with Gasteiger partial charge >= 0.3 is 12.1 Å². The maximum Gasteiger partial charge on any atom is 0.407 e. The van der Waals surface area contributed by atoms with Gasteiger partial charge in [0, 0.05) is 19.0 Å². The van der Waals surface area contributed by atoms with Crippen LogP contribution in [0.1, 0.15) is 42.7 Å². The molecule has 2 aromatic carbocycles. The van der Waals surface area contributed by atoms with Crippen molar-refractivity contribution < 1.29 is 29.0 Å². The van der Waals surface area contributed by atoms with Crippen molar-refractivity contribution in [3.05, 3.63) is 59.7 Å². The minimum atomic E-state index is -1.32. The first-order valence-electron chi connectivity index (χ1n) is 11.8. The lowest BCUT2D eigenvalue weighted by atomic mass is 9.98. The van der Waals surface area contributed by atoms with Crippen molar-refractivity contribution in [1.29, 1.82) is 0 Å². The summed E-state index contributed by atoms with van der Waals surface area (Å²) in [5.41, 5.74) is 4.26. The zero-order chi connectivity index (χ0) is 24.8. The van der Waals surface area contributed by atoms with Gasteiger partial charge in [0.25, 0.3) is 0 Å². The molecule has 4 N–H and O–H groups in total. The number of benzene rings is 2. The summed E-state index contributed by atoms with van der Waals surface area (Å²) in [4.78, 5) is 48.6. The molecule has 0 spiro atoms. The highest BCUT2D eigenvalue weighted by Crippen LogP contribution is 2.44. The predicted octanol–water partition coefficient (Wildman–Crippen LogP) is 2.40. The van der Waals surface area contributed by atoms with Gasteiger partial charge < -0.3 is 25.8 Å². The van der Waals surface area contributed by atoms with E-state index in [4.69, 9.17) is 4.74 Å². The standard InChI is InChI=1S/C26H29N3O6/c30-23(31)13-22(25(33)28-14-16-7-5-6-12-27-24(16)32)29-26(34)35-15-21-19-10-3-1-8-17(19)18-9-2-4-11-20(18)21/h1-4,8-11,16,21-22H,5-7,12-15H2,(H,27,32)(H,28,33)(H,29,34)(H,30,31). The van der Waals surface area contributed by atoms with Crippen LogP contribution in [0, 0.1) is 5.92 Å². The predicted molar refractivity (Wildman–Crippen MR) is 128 cm³/mol. The molecule has 0 radical (unpaired) electrons. The highest BCUT2D eigenvalue weighted by atomic mass is 16.5. The van der Waals surface area contributed by atoms with E-state index >= 15 is 0 Å². The Morgan fingerprint density at radius 2 is 1.69 bits per heavy atom. The molecule has 9 heteroatoms. The third-order valence-electron chi connectivity index (χ3n) is 6.50. The van der Waals surface area contributed by atoms with Crippen LogP contribution in [0.2, 0.25) is 0 Å². The lowest BCUT2D eigenvalue weighted by Crippen LogP contribution is -2.50. The number of alkyl carbamates (subject to hydrolysis) is 1. The summed E-state index contributed by atoms with van der Waals surface area (Å²) in [5.74, 6) is -2.59. The first-order chi connectivity index (χ1) is 16.9. The molecular weight excluding hydrogens is 450 g/mol. The third kappa shape index (κ3) is 5.79. The lowest BCUT2D eigenvalue weighted by Gasteiger charge is -2.20. The average Bonchev–Trinajstić information content (AvgIpc) is 3.01. The molecule has 0 aromatic heterocycles. The van der Waals surface area contributed by atoms with Gasteiger partial charge in [-0.1, -0.05) is 55.0 Å². The minimum absolute atomic E-state index is 0.0452. The number of carbonyl (C=O) groups is 4. The fraction of sp³-hybridized carbons (Fsp3) is 0.385. The highest BCUT2D eigenvalue weighted by Gasteiger charge is 2.31. The van der Waals surface area contributed by atoms with E-state index in [0.29, 0.717) is 13.0 Å². The monoisotopic (exact) mass is 479 g/mol. The highest BCUT2D eigenvalue weighted by molar-refractivity contribution is 5.90. The van der Waals surface area contributed by atoms with Gasteiger partial charge in [-0.25, -0.2) is 4.79 Å². The van der Waals surface area contributed by atoms with Crippen molar-refractivity contribution in [3.63, 3.8) is 0 Å². The topological polar surface area (TPSA) is 134 Å². The maximum absolute atomic E-state index is 12.7. The summed E-state index contributed by atoms with van der Waals surface area (Å²) in [7, 11) is 0. The molecule has 0 saturated carbocycles. The maximum atomic E-state index is 12.7. The Labute approximate surface area is 203 Å². The molecule has 4 rings (SSSR count). The summed E-state index contributed by atoms with van der Waals surface area (Å²) >= 11 is 0. The van der Waals surface area contributed by atoms with E-state index in [0.717, 1.165) is 35.1 Å². The van der Waals surface area contributed by atoms with E-state index < -0.39 is 30.4 Å². The number of rotatable bonds is 8. The van der Waals surface area contributed by atoms with Crippen molar-refractivity contribution in [2.75, 3.05) is 19.7 Å². The summed E-state index contributed by atoms with van der Waals surface area (Å²) in [6, 6.07) is 14.5. The second-order valence-corrected chi connectivity index (χ2v) is 8.85. The normalized spacial score (nSPS) is 17.8. The van der Waals surface area contributed by atoms with E-state index in [1.54, 1.807) is 0 Å². The number of hydrogen-bond donors (Lipinski definition) is 4. The fourth-order valence-electron chi connectivity index (χ4n) is 4.71. The Kier molecular flexibility index (Phi) is 7.64. The molecule has 2 atom stereocenters. The van der Waals surface area contributed by atoms with Crippen LogP contribution in [0.5, 0.6) is 0 Å². The van der Waals surface area contributed by atoms with E-state index in [1.807, 2.05) is 48.5 Å². The molecular formula is C26H29N3O6. The zero-order valence-corrected chi connectivity index (χ0v) is 19.3. The van der Waals surface area contributed by atoms with Gasteiger partial charge in [0.15, 0.2) is 0 Å². The Hall–Kier alpha value is -3.88. The largest absolute Gasteiger partial charge is 0.481 e. The quantitative estimate of drug-likeness (QED) is 0.459. The molecule has 3 amide bonds. The summed E-state index contributed by atoms with van der Waals surface area (Å²) in [6.07, 6.45) is 0.889. The van der Waals surface area contributed by atoms with E-state index in [-0.39, 0.29) is 30.9 Å². The van der Waals surface area contributed by atoms with Gasteiger partial charge in [-0.3, -0.25) is 14.4 Å². The van der Waals surface area contributed by atoms with Crippen LogP contribution in [0.4, 0.5) is 4.79 Å². The number of carboxylic acid groups (broad SMARTS) is 1. The molecule has 2 aromatic rings. The first kappa shape index (κ1) is 24.3. The van der Waals surface area contributed by atoms with E-state index in [2.05, 4.69) is 16.0 Å². The Balaban J connectivity index is 1.36. The van der Waals surface area contributed by atoms with Crippen molar-refractivity contribution in [3.8, 4) is 11.1 Å². The molecule has 1 heterocycles. The van der Waals surface area contributed by atoms with E-state index in [9.17, 15) is 24.3 Å². The molecule has 1 fully saturated rings. The number of ether oxygens (including phenoxy) is 1. The van der Waals surface area contributed by atoms with Gasteiger partial charge in [-0.05, 0) is 35.1 Å². The summed E-state index contributed by atoms with van der Waals surface area (Å²) < 4.78 is 5.44. The Morgan fingerprint density at radius 3 is 2.34 bits per heavy atom. The average molecular weight is 480 g/mol. The number of aliphatic carboxylic acids is 1. The van der Waals surface area contributed by atoms with Gasteiger partial charge in [0.1, 0.15) is 12.6 Å². The second-order valence-electron chi connectivity index (χ2n) is 8.85. The van der Waals surface area contributed by atoms with Crippen molar-refractivity contribution in [2.45, 2.75) is 37.6 Å². The Morgan fingerprint density at radius 1 is 1.03 bits per heavy atom. The van der Waals surface area contributed by atoms with Crippen LogP contribution in [0.15, 0.2) is 48.5 Å². The summed E-state index contributed by atoms with van der Waals surface area (Å²) in [6.45, 7) is 0.727. The van der Waals surface area contributed by atoms with Gasteiger partial charge in [0.2, 0.25) is 11.8 Å². The fourth-order valence-corrected chi connectivity index (χ4v) is 4.71.